The summed E-state index contributed by atoms with van der Waals surface area (Å²) in [5.41, 5.74) is -2.59. The number of hydrogen-bond donors (Lipinski definition) is 2. The summed E-state index contributed by atoms with van der Waals surface area (Å²) in [7, 11) is 1.26. The Kier molecular flexibility index (Phi) is 8.55. The van der Waals surface area contributed by atoms with E-state index in [0.717, 1.165) is 23.3 Å². The van der Waals surface area contributed by atoms with Crippen molar-refractivity contribution in [3.05, 3.63) is 29.7 Å². The monoisotopic (exact) mass is 634 g/mol. The molecule has 5 atom stereocenters. The van der Waals surface area contributed by atoms with Gasteiger partial charge in [0.05, 0.1) is 61.8 Å². The van der Waals surface area contributed by atoms with Gasteiger partial charge in [-0.1, -0.05) is 0 Å². The van der Waals surface area contributed by atoms with Crippen LogP contribution < -0.4 is 10.6 Å². The lowest BCUT2D eigenvalue weighted by atomic mass is 10.1. The normalized spacial score (nSPS) is 22.9. The number of imidazole rings is 1. The SMILES string of the molecule is COC[C@H](c1cnn2cc([C@H](COC(C)(C)C(F)(F)F)NC(=O)[C@H]3CC3C(F)(F)F)nc2c1)N1C[C@@H](C(F)(F)F)NC1=O. The average Bonchev–Trinajstić information content (AvgIpc) is 3.45. The molecule has 3 amide bonds. The van der Waals surface area contributed by atoms with Crippen molar-refractivity contribution in [3.8, 4) is 0 Å². The van der Waals surface area contributed by atoms with Crippen molar-refractivity contribution < 1.29 is 58.6 Å². The largest absolute Gasteiger partial charge is 0.416 e. The van der Waals surface area contributed by atoms with Crippen molar-refractivity contribution in [2.75, 3.05) is 26.9 Å². The highest BCUT2D eigenvalue weighted by atomic mass is 19.4. The van der Waals surface area contributed by atoms with Crippen LogP contribution in [0, 0.1) is 11.8 Å². The van der Waals surface area contributed by atoms with Gasteiger partial charge in [0.1, 0.15) is 6.04 Å². The number of aromatic nitrogens is 3. The van der Waals surface area contributed by atoms with E-state index in [1.165, 1.54) is 25.6 Å². The van der Waals surface area contributed by atoms with Gasteiger partial charge < -0.3 is 25.0 Å². The first-order valence-electron chi connectivity index (χ1n) is 12.8. The Bertz CT molecular complexity index is 1340. The third kappa shape index (κ3) is 7.08. The van der Waals surface area contributed by atoms with E-state index < -0.39 is 85.6 Å². The zero-order valence-electron chi connectivity index (χ0n) is 22.8. The third-order valence-corrected chi connectivity index (χ3v) is 7.29. The van der Waals surface area contributed by atoms with Crippen LogP contribution in [0.1, 0.15) is 43.6 Å². The average molecular weight is 635 g/mol. The number of amides is 3. The molecule has 0 aromatic carbocycles. The van der Waals surface area contributed by atoms with Crippen molar-refractivity contribution in [2.45, 2.75) is 62.5 Å². The molecule has 2 aliphatic rings. The molecule has 1 aliphatic carbocycles. The van der Waals surface area contributed by atoms with Gasteiger partial charge >= 0.3 is 24.6 Å². The van der Waals surface area contributed by atoms with Gasteiger partial charge in [-0.05, 0) is 26.3 Å². The van der Waals surface area contributed by atoms with E-state index >= 15 is 0 Å². The molecule has 0 radical (unpaired) electrons. The van der Waals surface area contributed by atoms with Crippen molar-refractivity contribution in [2.24, 2.45) is 11.8 Å². The smallest absolute Gasteiger partial charge is 0.382 e. The highest BCUT2D eigenvalue weighted by Gasteiger charge is 2.59. The van der Waals surface area contributed by atoms with Crippen molar-refractivity contribution in [1.29, 1.82) is 0 Å². The molecule has 1 unspecified atom stereocenters. The van der Waals surface area contributed by atoms with Crippen LogP contribution in [0.25, 0.3) is 5.65 Å². The summed E-state index contributed by atoms with van der Waals surface area (Å²) in [6.07, 6.45) is -12.2. The molecule has 43 heavy (non-hydrogen) atoms. The maximum absolute atomic E-state index is 13.4. The van der Waals surface area contributed by atoms with Crippen molar-refractivity contribution in [3.63, 3.8) is 0 Å². The van der Waals surface area contributed by atoms with Crippen LogP contribution in [0.15, 0.2) is 18.5 Å². The predicted molar refractivity (Wildman–Crippen MR) is 127 cm³/mol. The number of nitrogens with one attached hydrogen (secondary N) is 2. The first-order chi connectivity index (χ1) is 19.7. The summed E-state index contributed by atoms with van der Waals surface area (Å²) in [4.78, 5) is 30.1. The zero-order valence-corrected chi connectivity index (χ0v) is 22.8. The van der Waals surface area contributed by atoms with Crippen LogP contribution in [0.2, 0.25) is 0 Å². The molecule has 1 aliphatic heterocycles. The van der Waals surface area contributed by atoms with Crippen LogP contribution in [0.5, 0.6) is 0 Å². The van der Waals surface area contributed by atoms with Gasteiger partial charge in [0.15, 0.2) is 11.2 Å². The molecule has 0 bridgehead atoms. The summed E-state index contributed by atoms with van der Waals surface area (Å²) in [5, 5.41) is 8.24. The molecular formula is C24H27F9N6O4. The molecule has 2 fully saturated rings. The number of carbonyl (C=O) groups is 2. The second-order valence-corrected chi connectivity index (χ2v) is 10.8. The number of methoxy groups -OCH3 is 1. The van der Waals surface area contributed by atoms with E-state index in [1.807, 2.05) is 5.32 Å². The Morgan fingerprint density at radius 3 is 2.33 bits per heavy atom. The fraction of sp³-hybridized carbons (Fsp3) is 0.667. The first-order valence-corrected chi connectivity index (χ1v) is 12.8. The van der Waals surface area contributed by atoms with E-state index in [2.05, 4.69) is 15.4 Å². The van der Waals surface area contributed by atoms with Gasteiger partial charge in [-0.15, -0.1) is 0 Å². The van der Waals surface area contributed by atoms with Crippen LogP contribution >= 0.6 is 0 Å². The lowest BCUT2D eigenvalue weighted by Crippen LogP contribution is -2.44. The lowest BCUT2D eigenvalue weighted by Gasteiger charge is -2.30. The summed E-state index contributed by atoms with van der Waals surface area (Å²) in [6.45, 7) is -0.307. The Balaban J connectivity index is 1.61. The molecule has 2 N–H and O–H groups in total. The topological polar surface area (TPSA) is 110 Å². The quantitative estimate of drug-likeness (QED) is 0.382. The molecule has 1 saturated carbocycles. The van der Waals surface area contributed by atoms with Gasteiger partial charge in [-0.2, -0.15) is 44.6 Å². The number of rotatable bonds is 10. The minimum atomic E-state index is -4.82. The van der Waals surface area contributed by atoms with E-state index in [1.54, 1.807) is 0 Å². The summed E-state index contributed by atoms with van der Waals surface area (Å²) >= 11 is 0. The molecule has 0 spiro atoms. The van der Waals surface area contributed by atoms with E-state index in [4.69, 9.17) is 9.47 Å². The number of halogens is 9. The standard InChI is InChI=1S/C24H27F9N6O4/c1-21(2,24(31,32)33)43-9-15(36-19(40)12-5-13(12)22(25,26)27)14-7-39-18(35-14)4-11(6-34-39)16(10-42-3)38-8-17(23(28,29)30)37-20(38)41/h4,6-7,12-13,15-17H,5,8-10H2,1-3H3,(H,36,40)(H,37,41)/t12-,13?,15-,16+,17-/m0/s1. The van der Waals surface area contributed by atoms with Gasteiger partial charge in [-0.25, -0.2) is 14.3 Å². The predicted octanol–water partition coefficient (Wildman–Crippen LogP) is 4.09. The maximum atomic E-state index is 13.4. The summed E-state index contributed by atoms with van der Waals surface area (Å²) < 4.78 is 130. The van der Waals surface area contributed by atoms with Gasteiger partial charge in [0, 0.05) is 12.7 Å². The molecule has 2 aromatic heterocycles. The maximum Gasteiger partial charge on any atom is 0.416 e. The highest BCUT2D eigenvalue weighted by Crippen LogP contribution is 2.50. The van der Waals surface area contributed by atoms with Crippen LogP contribution in [-0.4, -0.2) is 88.5 Å². The number of ether oxygens (including phenoxy) is 2. The van der Waals surface area contributed by atoms with E-state index in [9.17, 15) is 49.1 Å². The van der Waals surface area contributed by atoms with E-state index in [-0.39, 0.29) is 23.5 Å². The Morgan fingerprint density at radius 1 is 1.12 bits per heavy atom. The number of alkyl halides is 9. The first kappa shape index (κ1) is 32.6. The number of nitrogens with zero attached hydrogens (tertiary/aromatic N) is 4. The van der Waals surface area contributed by atoms with Gasteiger partial charge in [0.25, 0.3) is 0 Å². The second kappa shape index (κ2) is 11.3. The molecule has 19 heteroatoms. The number of hydrogen-bond acceptors (Lipinski definition) is 6. The molecule has 10 nitrogen and oxygen atoms in total. The minimum absolute atomic E-state index is 0.00880. The van der Waals surface area contributed by atoms with Crippen LogP contribution in [-0.2, 0) is 14.3 Å². The molecular weight excluding hydrogens is 607 g/mol. The Morgan fingerprint density at radius 2 is 1.79 bits per heavy atom. The van der Waals surface area contributed by atoms with Gasteiger partial charge in [-0.3, -0.25) is 4.79 Å². The Labute approximate surface area is 237 Å². The lowest BCUT2D eigenvalue weighted by molar-refractivity contribution is -0.265. The van der Waals surface area contributed by atoms with Gasteiger partial charge in [0.2, 0.25) is 5.91 Å². The number of fused-ring (bicyclic) bond motifs is 1. The fourth-order valence-corrected chi connectivity index (χ4v) is 4.50. The molecule has 4 rings (SSSR count). The molecule has 240 valence electrons. The molecule has 2 aromatic rings. The van der Waals surface area contributed by atoms with Crippen LogP contribution in [0.3, 0.4) is 0 Å². The van der Waals surface area contributed by atoms with Crippen molar-refractivity contribution >= 4 is 17.6 Å². The minimum Gasteiger partial charge on any atom is -0.382 e. The fourth-order valence-electron chi connectivity index (χ4n) is 4.50. The summed E-state index contributed by atoms with van der Waals surface area (Å²) in [6, 6.07) is -4.26. The highest BCUT2D eigenvalue weighted by molar-refractivity contribution is 5.82. The van der Waals surface area contributed by atoms with Crippen LogP contribution in [0.4, 0.5) is 44.3 Å². The van der Waals surface area contributed by atoms with Crippen molar-refractivity contribution in [1.82, 2.24) is 30.1 Å². The summed E-state index contributed by atoms with van der Waals surface area (Å²) in [5.74, 6) is -4.36. The number of urea groups is 1. The second-order valence-electron chi connectivity index (χ2n) is 10.8. The number of carbonyl (C=O) groups excluding carboxylic acids is 2. The zero-order chi connectivity index (χ0) is 32.1. The Hall–Kier alpha value is -3.35. The molecule has 1 saturated heterocycles. The third-order valence-electron chi connectivity index (χ3n) is 7.29. The van der Waals surface area contributed by atoms with E-state index in [0.29, 0.717) is 0 Å². The molecule has 3 heterocycles.